The van der Waals surface area contributed by atoms with E-state index in [4.69, 9.17) is 17.3 Å². The van der Waals surface area contributed by atoms with Gasteiger partial charge in [0.05, 0.1) is 8.55 Å². The Labute approximate surface area is 91.7 Å². The Morgan fingerprint density at radius 1 is 1.54 bits per heavy atom. The van der Waals surface area contributed by atoms with Crippen molar-refractivity contribution < 1.29 is 0 Å². The monoisotopic (exact) mass is 233 g/mol. The summed E-state index contributed by atoms with van der Waals surface area (Å²) in [6.45, 7) is 0.785. The van der Waals surface area contributed by atoms with Crippen LogP contribution in [0.4, 0.5) is 0 Å². The molecule has 0 amide bonds. The SMILES string of the molecule is NCC1(Sc2ccc(Cl)s2)CCC1. The molecule has 13 heavy (non-hydrogen) atoms. The highest BCUT2D eigenvalue weighted by Gasteiger charge is 2.36. The van der Waals surface area contributed by atoms with E-state index in [0.717, 1.165) is 10.9 Å². The Balaban J connectivity index is 2.04. The van der Waals surface area contributed by atoms with Crippen LogP contribution in [0.2, 0.25) is 4.34 Å². The molecular weight excluding hydrogens is 222 g/mol. The first-order valence-electron chi connectivity index (χ1n) is 4.39. The summed E-state index contributed by atoms with van der Waals surface area (Å²) < 4.78 is 2.50. The Kier molecular flexibility index (Phi) is 2.88. The normalized spacial score (nSPS) is 19.8. The minimum atomic E-state index is 0.328. The van der Waals surface area contributed by atoms with Crippen LogP contribution in [-0.2, 0) is 0 Å². The van der Waals surface area contributed by atoms with Gasteiger partial charge in [0.1, 0.15) is 0 Å². The van der Waals surface area contributed by atoms with Gasteiger partial charge in [-0.05, 0) is 25.0 Å². The Morgan fingerprint density at radius 3 is 2.69 bits per heavy atom. The van der Waals surface area contributed by atoms with Crippen LogP contribution in [0.1, 0.15) is 19.3 Å². The predicted molar refractivity (Wildman–Crippen MR) is 60.8 cm³/mol. The van der Waals surface area contributed by atoms with Crippen LogP contribution >= 0.6 is 34.7 Å². The summed E-state index contributed by atoms with van der Waals surface area (Å²) in [6, 6.07) is 4.05. The van der Waals surface area contributed by atoms with E-state index in [-0.39, 0.29) is 0 Å². The second-order valence-corrected chi connectivity index (χ2v) is 6.88. The summed E-state index contributed by atoms with van der Waals surface area (Å²) in [6.07, 6.45) is 3.83. The third-order valence-corrected chi connectivity index (χ3v) is 5.37. The summed E-state index contributed by atoms with van der Waals surface area (Å²) in [7, 11) is 0. The van der Waals surface area contributed by atoms with Crippen molar-refractivity contribution in [3.63, 3.8) is 0 Å². The van der Waals surface area contributed by atoms with Crippen molar-refractivity contribution in [3.8, 4) is 0 Å². The second-order valence-electron chi connectivity index (χ2n) is 3.40. The zero-order valence-electron chi connectivity index (χ0n) is 7.25. The third-order valence-electron chi connectivity index (χ3n) is 2.50. The molecule has 1 aliphatic rings. The van der Waals surface area contributed by atoms with Gasteiger partial charge in [0, 0.05) is 11.3 Å². The average Bonchev–Trinajstić information content (AvgIpc) is 2.44. The Morgan fingerprint density at radius 2 is 2.31 bits per heavy atom. The van der Waals surface area contributed by atoms with Gasteiger partial charge in [0.2, 0.25) is 0 Å². The summed E-state index contributed by atoms with van der Waals surface area (Å²) >= 11 is 9.43. The van der Waals surface area contributed by atoms with Crippen molar-refractivity contribution in [2.24, 2.45) is 5.73 Å². The zero-order valence-corrected chi connectivity index (χ0v) is 9.64. The lowest BCUT2D eigenvalue weighted by atomic mass is 9.84. The first-order chi connectivity index (χ1) is 6.24. The lowest BCUT2D eigenvalue weighted by molar-refractivity contribution is 0.371. The molecule has 2 rings (SSSR count). The van der Waals surface area contributed by atoms with Crippen LogP contribution in [0.25, 0.3) is 0 Å². The van der Waals surface area contributed by atoms with Gasteiger partial charge < -0.3 is 5.73 Å². The van der Waals surface area contributed by atoms with Crippen molar-refractivity contribution >= 4 is 34.7 Å². The highest BCUT2D eigenvalue weighted by atomic mass is 35.5. The van der Waals surface area contributed by atoms with E-state index < -0.39 is 0 Å². The maximum absolute atomic E-state index is 5.87. The average molecular weight is 234 g/mol. The molecule has 4 heteroatoms. The quantitative estimate of drug-likeness (QED) is 0.867. The number of hydrogen-bond acceptors (Lipinski definition) is 3. The molecule has 1 fully saturated rings. The number of nitrogens with two attached hydrogens (primary N) is 1. The third kappa shape index (κ3) is 2.04. The van der Waals surface area contributed by atoms with Gasteiger partial charge in [0.25, 0.3) is 0 Å². The molecule has 0 radical (unpaired) electrons. The molecule has 2 N–H and O–H groups in total. The Bertz CT molecular complexity index is 288. The van der Waals surface area contributed by atoms with E-state index in [1.165, 1.54) is 23.5 Å². The maximum Gasteiger partial charge on any atom is 0.0940 e. The van der Waals surface area contributed by atoms with Crippen molar-refractivity contribution in [1.29, 1.82) is 0 Å². The molecule has 0 spiro atoms. The van der Waals surface area contributed by atoms with Crippen LogP contribution in [0.15, 0.2) is 16.3 Å². The largest absolute Gasteiger partial charge is 0.329 e. The lowest BCUT2D eigenvalue weighted by Gasteiger charge is -2.39. The highest BCUT2D eigenvalue weighted by Crippen LogP contribution is 2.48. The number of thioether (sulfide) groups is 1. The Hall–Kier alpha value is 0.300. The minimum absolute atomic E-state index is 0.328. The summed E-state index contributed by atoms with van der Waals surface area (Å²) in [4.78, 5) is 0. The van der Waals surface area contributed by atoms with Gasteiger partial charge in [-0.3, -0.25) is 0 Å². The van der Waals surface area contributed by atoms with E-state index in [1.807, 2.05) is 17.8 Å². The fraction of sp³-hybridized carbons (Fsp3) is 0.556. The number of halogens is 1. The molecule has 1 aliphatic carbocycles. The van der Waals surface area contributed by atoms with Gasteiger partial charge in [-0.1, -0.05) is 18.0 Å². The highest BCUT2D eigenvalue weighted by molar-refractivity contribution is 8.02. The van der Waals surface area contributed by atoms with Crippen molar-refractivity contribution in [1.82, 2.24) is 0 Å². The molecular formula is C9H12ClNS2. The molecule has 1 nitrogen and oxygen atoms in total. The van der Waals surface area contributed by atoms with E-state index in [0.29, 0.717) is 4.75 Å². The number of rotatable bonds is 3. The van der Waals surface area contributed by atoms with Crippen LogP contribution < -0.4 is 5.73 Å². The van der Waals surface area contributed by atoms with E-state index in [2.05, 4.69) is 6.07 Å². The molecule has 0 bridgehead atoms. The van der Waals surface area contributed by atoms with Gasteiger partial charge in [-0.25, -0.2) is 0 Å². The minimum Gasteiger partial charge on any atom is -0.329 e. The molecule has 0 aliphatic heterocycles. The second kappa shape index (κ2) is 3.81. The molecule has 1 aromatic heterocycles. The van der Waals surface area contributed by atoms with Gasteiger partial charge >= 0.3 is 0 Å². The van der Waals surface area contributed by atoms with E-state index in [9.17, 15) is 0 Å². The first kappa shape index (κ1) is 9.84. The first-order valence-corrected chi connectivity index (χ1v) is 6.40. The number of thiophene rings is 1. The molecule has 0 unspecified atom stereocenters. The van der Waals surface area contributed by atoms with Crippen LogP contribution in [-0.4, -0.2) is 11.3 Å². The fourth-order valence-corrected chi connectivity index (χ4v) is 4.50. The molecule has 72 valence electrons. The molecule has 1 aromatic rings. The van der Waals surface area contributed by atoms with Gasteiger partial charge in [-0.15, -0.1) is 23.1 Å². The predicted octanol–water partition coefficient (Wildman–Crippen LogP) is 3.38. The van der Waals surface area contributed by atoms with Crippen LogP contribution in [0.5, 0.6) is 0 Å². The summed E-state index contributed by atoms with van der Waals surface area (Å²) in [5.74, 6) is 0. The molecule has 0 atom stereocenters. The fourth-order valence-electron chi connectivity index (χ4n) is 1.48. The van der Waals surface area contributed by atoms with Gasteiger partial charge in [-0.2, -0.15) is 0 Å². The smallest absolute Gasteiger partial charge is 0.0940 e. The molecule has 0 saturated heterocycles. The van der Waals surface area contributed by atoms with Crippen molar-refractivity contribution in [3.05, 3.63) is 16.5 Å². The topological polar surface area (TPSA) is 26.0 Å². The summed E-state index contributed by atoms with van der Waals surface area (Å²) in [5.41, 5.74) is 5.77. The zero-order chi connectivity index (χ0) is 9.31. The van der Waals surface area contributed by atoms with Crippen LogP contribution in [0, 0.1) is 0 Å². The molecule has 0 aromatic carbocycles. The summed E-state index contributed by atoms with van der Waals surface area (Å²) in [5, 5.41) is 0. The lowest BCUT2D eigenvalue weighted by Crippen LogP contribution is -2.40. The van der Waals surface area contributed by atoms with Crippen molar-refractivity contribution in [2.45, 2.75) is 28.2 Å². The van der Waals surface area contributed by atoms with Gasteiger partial charge in [0.15, 0.2) is 0 Å². The molecule has 1 heterocycles. The van der Waals surface area contributed by atoms with E-state index >= 15 is 0 Å². The number of hydrogen-bond donors (Lipinski definition) is 1. The van der Waals surface area contributed by atoms with Crippen LogP contribution in [0.3, 0.4) is 0 Å². The van der Waals surface area contributed by atoms with E-state index in [1.54, 1.807) is 11.3 Å². The maximum atomic E-state index is 5.87. The molecule has 1 saturated carbocycles. The standard InChI is InChI=1S/C9H12ClNS2/c10-7-2-3-8(12-7)13-9(6-11)4-1-5-9/h2-3H,1,4-6,11H2. The van der Waals surface area contributed by atoms with Crippen molar-refractivity contribution in [2.75, 3.05) is 6.54 Å².